The van der Waals surface area contributed by atoms with Gasteiger partial charge in [0, 0.05) is 18.7 Å². The Morgan fingerprint density at radius 3 is 2.50 bits per heavy atom. The second-order valence-corrected chi connectivity index (χ2v) is 4.87. The molecule has 118 valence electrons. The zero-order chi connectivity index (χ0) is 15.9. The fourth-order valence-electron chi connectivity index (χ4n) is 1.94. The Morgan fingerprint density at radius 2 is 1.91 bits per heavy atom. The lowest BCUT2D eigenvalue weighted by Gasteiger charge is -2.30. The van der Waals surface area contributed by atoms with Crippen molar-refractivity contribution in [2.45, 2.75) is 27.2 Å². The highest BCUT2D eigenvalue weighted by Gasteiger charge is 2.20. The number of benzene rings is 1. The van der Waals surface area contributed by atoms with Crippen molar-refractivity contribution in [1.82, 2.24) is 15.1 Å². The first-order chi connectivity index (χ1) is 10.7. The first kappa shape index (κ1) is 16.0. The standard InChI is InChI=1S/C14H16N4O2.C2H6/c1-10-3-5-11(6-4-10)13-16-17-14(20-13)15-9-12(19)18-7-2-8-18;1-2/h3-6H,2,7-9H2,1H3,(H,15,17);1-2H3. The van der Waals surface area contributed by atoms with Crippen LogP contribution in [0.25, 0.3) is 11.5 Å². The van der Waals surface area contributed by atoms with E-state index in [-0.39, 0.29) is 18.5 Å². The van der Waals surface area contributed by atoms with Gasteiger partial charge in [0.2, 0.25) is 11.8 Å². The van der Waals surface area contributed by atoms with E-state index in [0.717, 1.165) is 25.1 Å². The van der Waals surface area contributed by atoms with Crippen molar-refractivity contribution in [3.63, 3.8) is 0 Å². The van der Waals surface area contributed by atoms with Crippen molar-refractivity contribution < 1.29 is 9.21 Å². The molecule has 0 unspecified atom stereocenters. The lowest BCUT2D eigenvalue weighted by molar-refractivity contribution is -0.132. The van der Waals surface area contributed by atoms with E-state index >= 15 is 0 Å². The van der Waals surface area contributed by atoms with E-state index < -0.39 is 0 Å². The number of hydrogen-bond donors (Lipinski definition) is 1. The molecule has 0 spiro atoms. The number of carbonyl (C=O) groups excluding carboxylic acids is 1. The topological polar surface area (TPSA) is 71.3 Å². The van der Waals surface area contributed by atoms with Crippen LogP contribution in [0.1, 0.15) is 25.8 Å². The third kappa shape index (κ3) is 3.84. The summed E-state index contributed by atoms with van der Waals surface area (Å²) in [6, 6.07) is 8.10. The van der Waals surface area contributed by atoms with Crippen molar-refractivity contribution in [2.75, 3.05) is 25.0 Å². The minimum absolute atomic E-state index is 0.0614. The van der Waals surface area contributed by atoms with E-state index in [2.05, 4.69) is 15.5 Å². The maximum atomic E-state index is 11.7. The summed E-state index contributed by atoms with van der Waals surface area (Å²) in [6.45, 7) is 7.90. The van der Waals surface area contributed by atoms with Crippen LogP contribution < -0.4 is 5.32 Å². The predicted octanol–water partition coefficient (Wildman–Crippen LogP) is 2.72. The number of carbonyl (C=O) groups is 1. The molecule has 1 amide bonds. The molecular weight excluding hydrogens is 280 g/mol. The second-order valence-electron chi connectivity index (χ2n) is 4.87. The van der Waals surface area contributed by atoms with Crippen LogP contribution in [-0.4, -0.2) is 40.6 Å². The Hall–Kier alpha value is -2.37. The van der Waals surface area contributed by atoms with Gasteiger partial charge in [-0.1, -0.05) is 36.6 Å². The smallest absolute Gasteiger partial charge is 0.316 e. The van der Waals surface area contributed by atoms with Gasteiger partial charge in [0.25, 0.3) is 0 Å². The molecule has 1 saturated heterocycles. The van der Waals surface area contributed by atoms with Crippen LogP contribution >= 0.6 is 0 Å². The molecule has 3 rings (SSSR count). The Kier molecular flexibility index (Phi) is 5.52. The number of rotatable bonds is 4. The maximum absolute atomic E-state index is 11.7. The van der Waals surface area contributed by atoms with Gasteiger partial charge in [-0.2, -0.15) is 0 Å². The summed E-state index contributed by atoms with van der Waals surface area (Å²) in [5.41, 5.74) is 2.04. The third-order valence-corrected chi connectivity index (χ3v) is 3.32. The molecule has 1 aliphatic rings. The number of hydrogen-bond acceptors (Lipinski definition) is 5. The predicted molar refractivity (Wildman–Crippen MR) is 85.5 cm³/mol. The molecule has 0 bridgehead atoms. The van der Waals surface area contributed by atoms with Gasteiger partial charge in [-0.25, -0.2) is 0 Å². The van der Waals surface area contributed by atoms with Gasteiger partial charge >= 0.3 is 6.01 Å². The molecule has 1 aromatic heterocycles. The van der Waals surface area contributed by atoms with Crippen LogP contribution in [0.4, 0.5) is 6.01 Å². The first-order valence-corrected chi connectivity index (χ1v) is 7.64. The zero-order valence-electron chi connectivity index (χ0n) is 13.3. The third-order valence-electron chi connectivity index (χ3n) is 3.32. The summed E-state index contributed by atoms with van der Waals surface area (Å²) in [4.78, 5) is 13.5. The highest BCUT2D eigenvalue weighted by molar-refractivity contribution is 5.80. The average molecular weight is 302 g/mol. The quantitative estimate of drug-likeness (QED) is 0.940. The van der Waals surface area contributed by atoms with E-state index in [4.69, 9.17) is 4.42 Å². The molecule has 0 aliphatic carbocycles. The fourth-order valence-corrected chi connectivity index (χ4v) is 1.94. The Morgan fingerprint density at radius 1 is 1.23 bits per heavy atom. The number of aryl methyl sites for hydroxylation is 1. The van der Waals surface area contributed by atoms with Crippen molar-refractivity contribution in [2.24, 2.45) is 0 Å². The molecule has 1 aromatic carbocycles. The average Bonchev–Trinajstić information content (AvgIpc) is 2.95. The summed E-state index contributed by atoms with van der Waals surface area (Å²) in [5.74, 6) is 0.509. The Labute approximate surface area is 130 Å². The van der Waals surface area contributed by atoms with E-state index in [1.165, 1.54) is 5.56 Å². The highest BCUT2D eigenvalue weighted by Crippen LogP contribution is 2.20. The van der Waals surface area contributed by atoms with Crippen LogP contribution in [0.2, 0.25) is 0 Å². The molecule has 0 radical (unpaired) electrons. The number of nitrogens with one attached hydrogen (secondary N) is 1. The maximum Gasteiger partial charge on any atom is 0.316 e. The lowest BCUT2D eigenvalue weighted by Crippen LogP contribution is -2.44. The van der Waals surface area contributed by atoms with Crippen LogP contribution in [0.5, 0.6) is 0 Å². The molecule has 0 saturated carbocycles. The largest absolute Gasteiger partial charge is 0.403 e. The zero-order valence-corrected chi connectivity index (χ0v) is 13.3. The molecule has 6 nitrogen and oxygen atoms in total. The molecule has 1 N–H and O–H groups in total. The van der Waals surface area contributed by atoms with Gasteiger partial charge in [0.1, 0.15) is 0 Å². The molecule has 2 heterocycles. The van der Waals surface area contributed by atoms with E-state index in [1.54, 1.807) is 4.90 Å². The molecular formula is C16H22N4O2. The van der Waals surface area contributed by atoms with Gasteiger partial charge in [0.05, 0.1) is 6.54 Å². The van der Waals surface area contributed by atoms with Crippen molar-refractivity contribution in [1.29, 1.82) is 0 Å². The normalized spacial score (nSPS) is 13.0. The van der Waals surface area contributed by atoms with Gasteiger partial charge in [-0.3, -0.25) is 4.79 Å². The van der Waals surface area contributed by atoms with Crippen molar-refractivity contribution in [3.8, 4) is 11.5 Å². The molecule has 0 atom stereocenters. The Bertz CT molecular complexity index is 603. The molecule has 22 heavy (non-hydrogen) atoms. The number of aromatic nitrogens is 2. The van der Waals surface area contributed by atoms with Crippen LogP contribution in [0.15, 0.2) is 28.7 Å². The first-order valence-electron chi connectivity index (χ1n) is 7.64. The van der Waals surface area contributed by atoms with Gasteiger partial charge in [-0.15, -0.1) is 5.10 Å². The van der Waals surface area contributed by atoms with E-state index in [9.17, 15) is 4.79 Å². The number of anilines is 1. The van der Waals surface area contributed by atoms with Crippen molar-refractivity contribution >= 4 is 11.9 Å². The summed E-state index contributed by atoms with van der Waals surface area (Å²) < 4.78 is 5.49. The highest BCUT2D eigenvalue weighted by atomic mass is 16.4. The molecule has 1 aliphatic heterocycles. The van der Waals surface area contributed by atoms with Crippen LogP contribution in [0.3, 0.4) is 0 Å². The van der Waals surface area contributed by atoms with Crippen LogP contribution in [-0.2, 0) is 4.79 Å². The minimum atomic E-state index is 0.0614. The minimum Gasteiger partial charge on any atom is -0.403 e. The van der Waals surface area contributed by atoms with Gasteiger partial charge in [-0.05, 0) is 25.5 Å². The van der Waals surface area contributed by atoms with Gasteiger partial charge < -0.3 is 14.6 Å². The fraction of sp³-hybridized carbons (Fsp3) is 0.438. The lowest BCUT2D eigenvalue weighted by atomic mass is 10.1. The molecule has 6 heteroatoms. The summed E-state index contributed by atoms with van der Waals surface area (Å²) in [5, 5.41) is 10.7. The molecule has 1 fully saturated rings. The summed E-state index contributed by atoms with van der Waals surface area (Å²) >= 11 is 0. The Balaban J connectivity index is 0.000000847. The van der Waals surface area contributed by atoms with E-state index in [0.29, 0.717) is 5.89 Å². The van der Waals surface area contributed by atoms with Crippen LogP contribution in [0, 0.1) is 6.92 Å². The van der Waals surface area contributed by atoms with Crippen molar-refractivity contribution in [3.05, 3.63) is 29.8 Å². The summed E-state index contributed by atoms with van der Waals surface area (Å²) in [6.07, 6.45) is 1.09. The van der Waals surface area contributed by atoms with Gasteiger partial charge in [0.15, 0.2) is 0 Å². The van der Waals surface area contributed by atoms with E-state index in [1.807, 2.05) is 45.0 Å². The molecule has 2 aromatic rings. The second kappa shape index (κ2) is 7.59. The number of nitrogens with zero attached hydrogens (tertiary/aromatic N) is 3. The number of amides is 1. The monoisotopic (exact) mass is 302 g/mol. The summed E-state index contributed by atoms with van der Waals surface area (Å²) in [7, 11) is 0. The number of likely N-dealkylation sites (tertiary alicyclic amines) is 1. The SMILES string of the molecule is CC.Cc1ccc(-c2nnc(NCC(=O)N3CCC3)o2)cc1.